The molecule has 2 rings (SSSR count). The molecule has 0 radical (unpaired) electrons. The highest BCUT2D eigenvalue weighted by Gasteiger charge is 2.20. The third-order valence-corrected chi connectivity index (χ3v) is 3.79. The second-order valence-electron chi connectivity index (χ2n) is 3.94. The summed E-state index contributed by atoms with van der Waals surface area (Å²) in [6.45, 7) is 1.15. The molecule has 0 unspecified atom stereocenters. The van der Waals surface area contributed by atoms with Gasteiger partial charge in [-0.15, -0.1) is 11.3 Å². The maximum Gasteiger partial charge on any atom is 0.351 e. The Hall–Kier alpha value is -1.59. The Kier molecular flexibility index (Phi) is 4.76. The molecule has 0 spiro atoms. The number of hydrogen-bond acceptors (Lipinski definition) is 5. The lowest BCUT2D eigenvalue weighted by Gasteiger charge is -2.06. The van der Waals surface area contributed by atoms with Crippen LogP contribution in [0.25, 0.3) is 10.1 Å². The number of esters is 1. The molecule has 0 N–H and O–H groups in total. The maximum absolute atomic E-state index is 11.8. The first-order chi connectivity index (χ1) is 9.27. The molecule has 1 heterocycles. The van der Waals surface area contributed by atoms with Crippen LogP contribution in [0.4, 0.5) is 0 Å². The van der Waals surface area contributed by atoms with E-state index in [1.807, 2.05) is 24.3 Å². The van der Waals surface area contributed by atoms with Crippen molar-refractivity contribution in [1.82, 2.24) is 0 Å². The van der Waals surface area contributed by atoms with Crippen LogP contribution in [-0.2, 0) is 9.47 Å². The Labute approximate surface area is 115 Å². The molecule has 0 bridgehead atoms. The lowest BCUT2D eigenvalue weighted by atomic mass is 10.2. The maximum atomic E-state index is 11.8. The van der Waals surface area contributed by atoms with Crippen molar-refractivity contribution in [3.8, 4) is 5.75 Å². The minimum Gasteiger partial charge on any atom is -0.491 e. The van der Waals surface area contributed by atoms with Crippen LogP contribution in [0.3, 0.4) is 0 Å². The van der Waals surface area contributed by atoms with Crippen molar-refractivity contribution in [3.05, 3.63) is 29.1 Å². The van der Waals surface area contributed by atoms with Crippen molar-refractivity contribution < 1.29 is 19.0 Å². The number of rotatable bonds is 6. The standard InChI is InChI=1S/C14H16O4S/c1-16-8-5-9-18-12-10-6-3-4-7-11(10)19-13(12)14(15)17-2/h3-4,6-7H,5,8-9H2,1-2H3. The first kappa shape index (κ1) is 13.8. The summed E-state index contributed by atoms with van der Waals surface area (Å²) in [6.07, 6.45) is 0.779. The molecule has 0 saturated carbocycles. The van der Waals surface area contributed by atoms with Gasteiger partial charge in [0.25, 0.3) is 0 Å². The largest absolute Gasteiger partial charge is 0.491 e. The van der Waals surface area contributed by atoms with E-state index in [9.17, 15) is 4.79 Å². The SMILES string of the molecule is COCCCOc1c(C(=O)OC)sc2ccccc12. The molecule has 4 nitrogen and oxygen atoms in total. The van der Waals surface area contributed by atoms with Crippen LogP contribution in [0.5, 0.6) is 5.75 Å². The lowest BCUT2D eigenvalue weighted by Crippen LogP contribution is -2.05. The average Bonchev–Trinajstić information content (AvgIpc) is 2.81. The van der Waals surface area contributed by atoms with Gasteiger partial charge in [0, 0.05) is 30.2 Å². The molecular weight excluding hydrogens is 264 g/mol. The molecule has 1 aromatic carbocycles. The molecule has 1 aromatic heterocycles. The molecule has 19 heavy (non-hydrogen) atoms. The Bertz CT molecular complexity index is 562. The summed E-state index contributed by atoms with van der Waals surface area (Å²) >= 11 is 1.39. The first-order valence-electron chi connectivity index (χ1n) is 5.99. The molecule has 0 fully saturated rings. The second-order valence-corrected chi connectivity index (χ2v) is 5.00. The van der Waals surface area contributed by atoms with E-state index in [2.05, 4.69) is 0 Å². The van der Waals surface area contributed by atoms with E-state index in [0.717, 1.165) is 16.5 Å². The van der Waals surface area contributed by atoms with Crippen molar-refractivity contribution in [2.24, 2.45) is 0 Å². The molecule has 102 valence electrons. The smallest absolute Gasteiger partial charge is 0.351 e. The van der Waals surface area contributed by atoms with Gasteiger partial charge in [0.2, 0.25) is 0 Å². The van der Waals surface area contributed by atoms with Crippen LogP contribution in [0, 0.1) is 0 Å². The van der Waals surface area contributed by atoms with Gasteiger partial charge < -0.3 is 14.2 Å². The normalized spacial score (nSPS) is 10.6. The Morgan fingerprint density at radius 2 is 2.00 bits per heavy atom. The van der Waals surface area contributed by atoms with Crippen LogP contribution in [0.15, 0.2) is 24.3 Å². The van der Waals surface area contributed by atoms with Gasteiger partial charge >= 0.3 is 5.97 Å². The topological polar surface area (TPSA) is 44.8 Å². The quantitative estimate of drug-likeness (QED) is 0.602. The Morgan fingerprint density at radius 3 is 2.74 bits per heavy atom. The first-order valence-corrected chi connectivity index (χ1v) is 6.81. The molecule has 0 amide bonds. The van der Waals surface area contributed by atoms with E-state index in [1.54, 1.807) is 7.11 Å². The number of carbonyl (C=O) groups excluding carboxylic acids is 1. The molecule has 2 aromatic rings. The molecule has 0 aliphatic heterocycles. The number of ether oxygens (including phenoxy) is 3. The molecule has 0 atom stereocenters. The van der Waals surface area contributed by atoms with Crippen molar-refractivity contribution in [2.45, 2.75) is 6.42 Å². The van der Waals surface area contributed by atoms with Gasteiger partial charge in [0.05, 0.1) is 13.7 Å². The number of hydrogen-bond donors (Lipinski definition) is 0. The number of benzene rings is 1. The van der Waals surface area contributed by atoms with Crippen molar-refractivity contribution in [1.29, 1.82) is 0 Å². The molecular formula is C14H16O4S. The van der Waals surface area contributed by atoms with Crippen molar-refractivity contribution in [3.63, 3.8) is 0 Å². The fraction of sp³-hybridized carbons (Fsp3) is 0.357. The van der Waals surface area contributed by atoms with Crippen LogP contribution < -0.4 is 4.74 Å². The fourth-order valence-electron chi connectivity index (χ4n) is 1.77. The number of thiophene rings is 1. The van der Waals surface area contributed by atoms with Gasteiger partial charge in [-0.3, -0.25) is 0 Å². The summed E-state index contributed by atoms with van der Waals surface area (Å²) in [5, 5.41) is 0.949. The van der Waals surface area contributed by atoms with E-state index in [1.165, 1.54) is 18.4 Å². The zero-order valence-electron chi connectivity index (χ0n) is 11.0. The molecule has 0 aliphatic rings. The summed E-state index contributed by atoms with van der Waals surface area (Å²) < 4.78 is 16.5. The third-order valence-electron chi connectivity index (χ3n) is 2.66. The predicted molar refractivity (Wildman–Crippen MR) is 75.2 cm³/mol. The summed E-state index contributed by atoms with van der Waals surface area (Å²) in [5.74, 6) is 0.256. The molecule has 0 aliphatic carbocycles. The van der Waals surface area contributed by atoms with E-state index >= 15 is 0 Å². The van der Waals surface area contributed by atoms with Gasteiger partial charge in [0.15, 0.2) is 10.6 Å². The minimum atomic E-state index is -0.358. The average molecular weight is 280 g/mol. The summed E-state index contributed by atoms with van der Waals surface area (Å²) in [6, 6.07) is 7.78. The van der Waals surface area contributed by atoms with Crippen molar-refractivity contribution in [2.75, 3.05) is 27.4 Å². The van der Waals surface area contributed by atoms with Crippen molar-refractivity contribution >= 4 is 27.4 Å². The second kappa shape index (κ2) is 6.54. The zero-order valence-corrected chi connectivity index (χ0v) is 11.8. The highest BCUT2D eigenvalue weighted by molar-refractivity contribution is 7.21. The highest BCUT2D eigenvalue weighted by atomic mass is 32.1. The summed E-state index contributed by atoms with van der Waals surface area (Å²) in [4.78, 5) is 12.3. The van der Waals surface area contributed by atoms with Gasteiger partial charge in [-0.1, -0.05) is 12.1 Å². The molecule has 0 saturated heterocycles. The van der Waals surface area contributed by atoms with E-state index in [-0.39, 0.29) is 5.97 Å². The van der Waals surface area contributed by atoms with Gasteiger partial charge in [-0.05, 0) is 12.1 Å². The summed E-state index contributed by atoms with van der Waals surface area (Å²) in [5.41, 5.74) is 0. The van der Waals surface area contributed by atoms with Gasteiger partial charge in [-0.2, -0.15) is 0 Å². The van der Waals surface area contributed by atoms with E-state index in [4.69, 9.17) is 14.2 Å². The van der Waals surface area contributed by atoms with Crippen LogP contribution in [0.1, 0.15) is 16.1 Å². The number of methoxy groups -OCH3 is 2. The monoisotopic (exact) mass is 280 g/mol. The molecule has 5 heteroatoms. The lowest BCUT2D eigenvalue weighted by molar-refractivity contribution is 0.0602. The zero-order chi connectivity index (χ0) is 13.7. The highest BCUT2D eigenvalue weighted by Crippen LogP contribution is 2.38. The Morgan fingerprint density at radius 1 is 1.21 bits per heavy atom. The van der Waals surface area contributed by atoms with Gasteiger partial charge in [0.1, 0.15) is 0 Å². The number of carbonyl (C=O) groups is 1. The van der Waals surface area contributed by atoms with E-state index in [0.29, 0.717) is 23.8 Å². The minimum absolute atomic E-state index is 0.358. The fourth-order valence-corrected chi connectivity index (χ4v) is 2.84. The van der Waals surface area contributed by atoms with Gasteiger partial charge in [-0.25, -0.2) is 4.79 Å². The summed E-state index contributed by atoms with van der Waals surface area (Å²) in [7, 11) is 3.03. The predicted octanol–water partition coefficient (Wildman–Crippen LogP) is 3.10. The number of fused-ring (bicyclic) bond motifs is 1. The third kappa shape index (κ3) is 3.05. The Balaban J connectivity index is 2.29. The van der Waals surface area contributed by atoms with Crippen LogP contribution in [0.2, 0.25) is 0 Å². The van der Waals surface area contributed by atoms with E-state index < -0.39 is 0 Å². The van der Waals surface area contributed by atoms with Crippen LogP contribution >= 0.6 is 11.3 Å². The van der Waals surface area contributed by atoms with Crippen LogP contribution in [-0.4, -0.2) is 33.4 Å².